The molecule has 1 amide bonds. The number of nitrogens with zero attached hydrogens (tertiary/aromatic N) is 4. The summed E-state index contributed by atoms with van der Waals surface area (Å²) in [5.74, 6) is 0.998. The van der Waals surface area contributed by atoms with Crippen molar-refractivity contribution in [3.8, 4) is 5.69 Å². The van der Waals surface area contributed by atoms with Gasteiger partial charge in [-0.15, -0.1) is 5.10 Å². The first-order chi connectivity index (χ1) is 10.6. The molecule has 3 rings (SSSR count). The Morgan fingerprint density at radius 2 is 2.32 bits per heavy atom. The fourth-order valence-electron chi connectivity index (χ4n) is 2.95. The first-order valence-electron chi connectivity index (χ1n) is 7.54. The molecule has 3 N–H and O–H groups in total. The van der Waals surface area contributed by atoms with Crippen molar-refractivity contribution >= 4 is 11.6 Å². The molecule has 1 aromatic carbocycles. The predicted molar refractivity (Wildman–Crippen MR) is 82.5 cm³/mol. The van der Waals surface area contributed by atoms with Crippen molar-refractivity contribution in [1.82, 2.24) is 20.2 Å². The van der Waals surface area contributed by atoms with Gasteiger partial charge in [0.2, 0.25) is 5.91 Å². The third-order valence-electron chi connectivity index (χ3n) is 4.17. The van der Waals surface area contributed by atoms with Gasteiger partial charge in [0.1, 0.15) is 0 Å². The van der Waals surface area contributed by atoms with Crippen molar-refractivity contribution in [3.05, 3.63) is 30.1 Å². The number of aromatic nitrogens is 4. The largest absolute Gasteiger partial charge is 0.327 e. The summed E-state index contributed by atoms with van der Waals surface area (Å²) in [6.45, 7) is 1.83. The van der Waals surface area contributed by atoms with E-state index in [-0.39, 0.29) is 11.9 Å². The molecule has 0 aliphatic heterocycles. The molecule has 7 heteroatoms. The van der Waals surface area contributed by atoms with E-state index in [9.17, 15) is 4.79 Å². The van der Waals surface area contributed by atoms with E-state index >= 15 is 0 Å². The Hall–Kier alpha value is -2.28. The number of hydrogen-bond acceptors (Lipinski definition) is 5. The molecule has 0 radical (unpaired) electrons. The number of aryl methyl sites for hydroxylation is 1. The molecule has 1 heterocycles. The van der Waals surface area contributed by atoms with Gasteiger partial charge >= 0.3 is 0 Å². The molecule has 1 fully saturated rings. The SMILES string of the molecule is Cc1nnnn1-c1cccc(NC(=O)C[C@@H]2CCC[C@H]2N)c1. The van der Waals surface area contributed by atoms with Crippen molar-refractivity contribution in [1.29, 1.82) is 0 Å². The second-order valence-corrected chi connectivity index (χ2v) is 5.80. The maximum Gasteiger partial charge on any atom is 0.224 e. The van der Waals surface area contributed by atoms with Gasteiger partial charge in [-0.25, -0.2) is 0 Å². The molecule has 1 aliphatic carbocycles. The van der Waals surface area contributed by atoms with Crippen LogP contribution in [0.5, 0.6) is 0 Å². The highest BCUT2D eigenvalue weighted by molar-refractivity contribution is 5.91. The molecule has 0 saturated heterocycles. The number of anilines is 1. The molecular weight excluding hydrogens is 280 g/mol. The Morgan fingerprint density at radius 1 is 1.45 bits per heavy atom. The van der Waals surface area contributed by atoms with Crippen LogP contribution in [0.25, 0.3) is 5.69 Å². The third-order valence-corrected chi connectivity index (χ3v) is 4.17. The van der Waals surface area contributed by atoms with Gasteiger partial charge in [0.05, 0.1) is 5.69 Å². The Labute approximate surface area is 128 Å². The van der Waals surface area contributed by atoms with Crippen molar-refractivity contribution in [2.45, 2.75) is 38.6 Å². The maximum atomic E-state index is 12.2. The monoisotopic (exact) mass is 300 g/mol. The van der Waals surface area contributed by atoms with Gasteiger partial charge in [-0.2, -0.15) is 4.68 Å². The Morgan fingerprint density at radius 3 is 3.00 bits per heavy atom. The molecule has 0 bridgehead atoms. The van der Waals surface area contributed by atoms with Crippen LogP contribution in [-0.2, 0) is 4.79 Å². The molecular formula is C15H20N6O. The van der Waals surface area contributed by atoms with Crippen LogP contribution in [-0.4, -0.2) is 32.2 Å². The summed E-state index contributed by atoms with van der Waals surface area (Å²) in [7, 11) is 0. The lowest BCUT2D eigenvalue weighted by Crippen LogP contribution is -2.28. The first-order valence-corrected chi connectivity index (χ1v) is 7.54. The highest BCUT2D eigenvalue weighted by Gasteiger charge is 2.26. The first kappa shape index (κ1) is 14.6. The second-order valence-electron chi connectivity index (χ2n) is 5.80. The van der Waals surface area contributed by atoms with E-state index in [1.54, 1.807) is 4.68 Å². The lowest BCUT2D eigenvalue weighted by atomic mass is 10.00. The van der Waals surface area contributed by atoms with E-state index in [1.807, 2.05) is 31.2 Å². The van der Waals surface area contributed by atoms with Crippen LogP contribution in [0.2, 0.25) is 0 Å². The number of carbonyl (C=O) groups excluding carboxylic acids is 1. The molecule has 0 unspecified atom stereocenters. The smallest absolute Gasteiger partial charge is 0.224 e. The van der Waals surface area contributed by atoms with E-state index in [0.29, 0.717) is 18.2 Å². The minimum Gasteiger partial charge on any atom is -0.327 e. The van der Waals surface area contributed by atoms with Gasteiger partial charge in [-0.05, 0) is 54.3 Å². The minimum absolute atomic E-state index is 0.00735. The minimum atomic E-state index is 0.00735. The van der Waals surface area contributed by atoms with Crippen LogP contribution < -0.4 is 11.1 Å². The number of hydrogen-bond donors (Lipinski definition) is 2. The van der Waals surface area contributed by atoms with Crippen LogP contribution >= 0.6 is 0 Å². The molecule has 2 aromatic rings. The fraction of sp³-hybridized carbons (Fsp3) is 0.467. The molecule has 7 nitrogen and oxygen atoms in total. The lowest BCUT2D eigenvalue weighted by molar-refractivity contribution is -0.117. The van der Waals surface area contributed by atoms with Gasteiger partial charge < -0.3 is 11.1 Å². The zero-order valence-electron chi connectivity index (χ0n) is 12.6. The standard InChI is InChI=1S/C15H20N6O/c1-10-18-19-20-21(10)13-6-3-5-12(9-13)17-15(22)8-11-4-2-7-14(11)16/h3,5-6,9,11,14H,2,4,7-8,16H2,1H3,(H,17,22)/t11-,14+/m0/s1. The van der Waals surface area contributed by atoms with Crippen molar-refractivity contribution in [2.24, 2.45) is 11.7 Å². The van der Waals surface area contributed by atoms with E-state index in [1.165, 1.54) is 0 Å². The number of nitrogens with two attached hydrogens (primary N) is 1. The van der Waals surface area contributed by atoms with Crippen molar-refractivity contribution in [3.63, 3.8) is 0 Å². The Kier molecular flexibility index (Phi) is 4.15. The number of nitrogens with one attached hydrogen (secondary N) is 1. The summed E-state index contributed by atoms with van der Waals surface area (Å²) < 4.78 is 1.63. The molecule has 1 aromatic heterocycles. The number of rotatable bonds is 4. The summed E-state index contributed by atoms with van der Waals surface area (Å²) in [5, 5.41) is 14.3. The molecule has 2 atom stereocenters. The fourth-order valence-corrected chi connectivity index (χ4v) is 2.95. The van der Waals surface area contributed by atoms with E-state index in [0.717, 1.165) is 30.6 Å². The van der Waals surface area contributed by atoms with E-state index < -0.39 is 0 Å². The average molecular weight is 300 g/mol. The highest BCUT2D eigenvalue weighted by Crippen LogP contribution is 2.27. The molecule has 1 aliphatic rings. The Bertz CT molecular complexity index is 668. The van der Waals surface area contributed by atoms with Crippen molar-refractivity contribution < 1.29 is 4.79 Å². The zero-order chi connectivity index (χ0) is 15.5. The topological polar surface area (TPSA) is 98.7 Å². The zero-order valence-corrected chi connectivity index (χ0v) is 12.6. The van der Waals surface area contributed by atoms with Crippen LogP contribution in [0.15, 0.2) is 24.3 Å². The van der Waals surface area contributed by atoms with E-state index in [2.05, 4.69) is 20.8 Å². The number of amides is 1. The Balaban J connectivity index is 1.68. The highest BCUT2D eigenvalue weighted by atomic mass is 16.1. The quantitative estimate of drug-likeness (QED) is 0.890. The number of carbonyl (C=O) groups is 1. The third kappa shape index (κ3) is 3.14. The second kappa shape index (κ2) is 6.23. The van der Waals surface area contributed by atoms with Crippen molar-refractivity contribution in [2.75, 3.05) is 5.32 Å². The van der Waals surface area contributed by atoms with Gasteiger partial charge in [0.25, 0.3) is 0 Å². The van der Waals surface area contributed by atoms with Gasteiger partial charge in [-0.1, -0.05) is 12.5 Å². The van der Waals surface area contributed by atoms with Gasteiger partial charge in [-0.3, -0.25) is 4.79 Å². The summed E-state index contributed by atoms with van der Waals surface area (Å²) in [6.07, 6.45) is 3.66. The summed E-state index contributed by atoms with van der Waals surface area (Å²) >= 11 is 0. The molecule has 1 saturated carbocycles. The van der Waals surface area contributed by atoms with Gasteiger partial charge in [0, 0.05) is 18.2 Å². The predicted octanol–water partition coefficient (Wildman–Crippen LogP) is 1.43. The average Bonchev–Trinajstić information content (AvgIpc) is 3.08. The number of tetrazole rings is 1. The van der Waals surface area contributed by atoms with Crippen LogP contribution in [0.4, 0.5) is 5.69 Å². The normalized spacial score (nSPS) is 21.0. The summed E-state index contributed by atoms with van der Waals surface area (Å²) in [6, 6.07) is 7.63. The van der Waals surface area contributed by atoms with Crippen LogP contribution in [0.3, 0.4) is 0 Å². The summed E-state index contributed by atoms with van der Waals surface area (Å²) in [4.78, 5) is 12.2. The van der Waals surface area contributed by atoms with Gasteiger partial charge in [0.15, 0.2) is 5.82 Å². The van der Waals surface area contributed by atoms with Crippen LogP contribution in [0, 0.1) is 12.8 Å². The number of benzene rings is 1. The summed E-state index contributed by atoms with van der Waals surface area (Å²) in [5.41, 5.74) is 7.58. The van der Waals surface area contributed by atoms with E-state index in [4.69, 9.17) is 5.73 Å². The molecule has 22 heavy (non-hydrogen) atoms. The molecule has 116 valence electrons. The molecule has 0 spiro atoms. The lowest BCUT2D eigenvalue weighted by Gasteiger charge is -2.15. The maximum absolute atomic E-state index is 12.2. The van der Waals surface area contributed by atoms with Crippen LogP contribution in [0.1, 0.15) is 31.5 Å².